The second-order valence-electron chi connectivity index (χ2n) is 6.22. The standard InChI is InChI=1S/C15H25N3/c1-11-10-15(2,3)17-14(16-11)12-6-8-13(9-7-12)18(4)5/h6-9,11,14,16-17H,10H2,1-5H3. The molecule has 1 aromatic rings. The van der Waals surface area contributed by atoms with Gasteiger partial charge in [0, 0.05) is 31.4 Å². The molecule has 2 N–H and O–H groups in total. The van der Waals surface area contributed by atoms with Crippen molar-refractivity contribution in [1.29, 1.82) is 0 Å². The van der Waals surface area contributed by atoms with E-state index in [0.717, 1.165) is 6.42 Å². The molecule has 2 atom stereocenters. The maximum absolute atomic E-state index is 3.66. The first-order valence-corrected chi connectivity index (χ1v) is 6.68. The highest BCUT2D eigenvalue weighted by Crippen LogP contribution is 2.25. The van der Waals surface area contributed by atoms with E-state index in [0.29, 0.717) is 6.04 Å². The van der Waals surface area contributed by atoms with Crippen LogP contribution in [0.25, 0.3) is 0 Å². The van der Waals surface area contributed by atoms with Crippen LogP contribution in [0.3, 0.4) is 0 Å². The Bertz CT molecular complexity index is 395. The summed E-state index contributed by atoms with van der Waals surface area (Å²) in [6.45, 7) is 6.79. The summed E-state index contributed by atoms with van der Waals surface area (Å²) in [4.78, 5) is 2.12. The van der Waals surface area contributed by atoms with Gasteiger partial charge in [-0.25, -0.2) is 0 Å². The zero-order valence-electron chi connectivity index (χ0n) is 12.1. The molecule has 1 aliphatic rings. The maximum Gasteiger partial charge on any atom is 0.0841 e. The molecular weight excluding hydrogens is 222 g/mol. The lowest BCUT2D eigenvalue weighted by molar-refractivity contribution is 0.191. The lowest BCUT2D eigenvalue weighted by Crippen LogP contribution is -2.57. The third kappa shape index (κ3) is 3.03. The fourth-order valence-corrected chi connectivity index (χ4v) is 2.74. The lowest BCUT2D eigenvalue weighted by Gasteiger charge is -2.41. The van der Waals surface area contributed by atoms with Gasteiger partial charge in [-0.05, 0) is 44.9 Å². The van der Waals surface area contributed by atoms with Crippen molar-refractivity contribution in [2.45, 2.75) is 44.9 Å². The van der Waals surface area contributed by atoms with E-state index in [1.165, 1.54) is 11.3 Å². The monoisotopic (exact) mass is 247 g/mol. The molecule has 0 aromatic heterocycles. The van der Waals surface area contributed by atoms with Crippen molar-refractivity contribution in [2.75, 3.05) is 19.0 Å². The summed E-state index contributed by atoms with van der Waals surface area (Å²) in [5.74, 6) is 0. The molecule has 100 valence electrons. The number of rotatable bonds is 2. The predicted molar refractivity (Wildman–Crippen MR) is 77.9 cm³/mol. The molecule has 3 heteroatoms. The van der Waals surface area contributed by atoms with E-state index in [9.17, 15) is 0 Å². The summed E-state index contributed by atoms with van der Waals surface area (Å²) >= 11 is 0. The topological polar surface area (TPSA) is 27.3 Å². The highest BCUT2D eigenvalue weighted by Gasteiger charge is 2.31. The predicted octanol–water partition coefficient (Wildman–Crippen LogP) is 2.50. The molecule has 0 spiro atoms. The SMILES string of the molecule is CC1CC(C)(C)NC(c2ccc(N(C)C)cc2)N1. The van der Waals surface area contributed by atoms with Crippen LogP contribution in [0.15, 0.2) is 24.3 Å². The van der Waals surface area contributed by atoms with Crippen LogP contribution >= 0.6 is 0 Å². The van der Waals surface area contributed by atoms with E-state index in [2.05, 4.69) is 74.7 Å². The van der Waals surface area contributed by atoms with Gasteiger partial charge in [-0.2, -0.15) is 0 Å². The van der Waals surface area contributed by atoms with Crippen LogP contribution in [0.1, 0.15) is 38.9 Å². The maximum atomic E-state index is 3.66. The molecule has 0 amide bonds. The summed E-state index contributed by atoms with van der Waals surface area (Å²) in [6.07, 6.45) is 1.40. The Morgan fingerprint density at radius 1 is 1.17 bits per heavy atom. The smallest absolute Gasteiger partial charge is 0.0841 e. The molecule has 1 fully saturated rings. The number of anilines is 1. The van der Waals surface area contributed by atoms with Crippen molar-refractivity contribution >= 4 is 5.69 Å². The van der Waals surface area contributed by atoms with Gasteiger partial charge < -0.3 is 4.90 Å². The number of hydrogen-bond acceptors (Lipinski definition) is 3. The van der Waals surface area contributed by atoms with Gasteiger partial charge in [0.05, 0.1) is 6.17 Å². The van der Waals surface area contributed by atoms with E-state index < -0.39 is 0 Å². The van der Waals surface area contributed by atoms with Gasteiger partial charge in [-0.3, -0.25) is 10.6 Å². The van der Waals surface area contributed by atoms with Crippen LogP contribution in [-0.4, -0.2) is 25.7 Å². The van der Waals surface area contributed by atoms with Crippen molar-refractivity contribution in [3.63, 3.8) is 0 Å². The highest BCUT2D eigenvalue weighted by molar-refractivity contribution is 5.46. The third-order valence-corrected chi connectivity index (χ3v) is 3.55. The molecule has 1 aliphatic heterocycles. The first-order chi connectivity index (χ1) is 8.37. The van der Waals surface area contributed by atoms with Crippen molar-refractivity contribution in [3.05, 3.63) is 29.8 Å². The van der Waals surface area contributed by atoms with Crippen LogP contribution in [0.5, 0.6) is 0 Å². The highest BCUT2D eigenvalue weighted by atomic mass is 15.2. The van der Waals surface area contributed by atoms with Gasteiger partial charge >= 0.3 is 0 Å². The first kappa shape index (κ1) is 13.4. The zero-order chi connectivity index (χ0) is 13.3. The van der Waals surface area contributed by atoms with E-state index in [1.54, 1.807) is 0 Å². The molecule has 0 saturated carbocycles. The van der Waals surface area contributed by atoms with E-state index in [4.69, 9.17) is 0 Å². The summed E-state index contributed by atoms with van der Waals surface area (Å²) in [7, 11) is 4.13. The largest absolute Gasteiger partial charge is 0.378 e. The lowest BCUT2D eigenvalue weighted by atomic mass is 9.91. The van der Waals surface area contributed by atoms with Crippen LogP contribution in [0, 0.1) is 0 Å². The van der Waals surface area contributed by atoms with Gasteiger partial charge in [0.25, 0.3) is 0 Å². The molecule has 2 rings (SSSR count). The summed E-state index contributed by atoms with van der Waals surface area (Å²) in [5.41, 5.74) is 2.73. The first-order valence-electron chi connectivity index (χ1n) is 6.68. The van der Waals surface area contributed by atoms with Crippen molar-refractivity contribution in [3.8, 4) is 0 Å². The summed E-state index contributed by atoms with van der Waals surface area (Å²) < 4.78 is 0. The number of hydrogen-bond donors (Lipinski definition) is 2. The molecule has 0 aliphatic carbocycles. The van der Waals surface area contributed by atoms with E-state index >= 15 is 0 Å². The Hall–Kier alpha value is -1.06. The minimum absolute atomic E-state index is 0.190. The molecule has 2 unspecified atom stereocenters. The Morgan fingerprint density at radius 2 is 1.78 bits per heavy atom. The van der Waals surface area contributed by atoms with Crippen LogP contribution in [0.2, 0.25) is 0 Å². The molecule has 1 aromatic carbocycles. The van der Waals surface area contributed by atoms with Gasteiger partial charge in [0.15, 0.2) is 0 Å². The van der Waals surface area contributed by atoms with E-state index in [1.807, 2.05) is 0 Å². The minimum Gasteiger partial charge on any atom is -0.378 e. The van der Waals surface area contributed by atoms with Crippen molar-refractivity contribution < 1.29 is 0 Å². The Labute approximate surface area is 111 Å². The fourth-order valence-electron chi connectivity index (χ4n) is 2.74. The summed E-state index contributed by atoms with van der Waals surface area (Å²) in [6, 6.07) is 9.29. The van der Waals surface area contributed by atoms with Crippen molar-refractivity contribution in [2.24, 2.45) is 0 Å². The quantitative estimate of drug-likeness (QED) is 0.841. The molecule has 0 bridgehead atoms. The van der Waals surface area contributed by atoms with Crippen molar-refractivity contribution in [1.82, 2.24) is 10.6 Å². The molecule has 3 nitrogen and oxygen atoms in total. The van der Waals surface area contributed by atoms with Crippen LogP contribution < -0.4 is 15.5 Å². The summed E-state index contributed by atoms with van der Waals surface area (Å²) in [5, 5.41) is 7.28. The molecular formula is C15H25N3. The normalized spacial score (nSPS) is 26.9. The zero-order valence-corrected chi connectivity index (χ0v) is 12.1. The number of benzene rings is 1. The van der Waals surface area contributed by atoms with Gasteiger partial charge in [-0.15, -0.1) is 0 Å². The second-order valence-corrected chi connectivity index (χ2v) is 6.22. The van der Waals surface area contributed by atoms with Crippen LogP contribution in [-0.2, 0) is 0 Å². The Kier molecular flexibility index (Phi) is 3.64. The van der Waals surface area contributed by atoms with Gasteiger partial charge in [0.2, 0.25) is 0 Å². The average molecular weight is 247 g/mol. The third-order valence-electron chi connectivity index (χ3n) is 3.55. The van der Waals surface area contributed by atoms with Crippen LogP contribution in [0.4, 0.5) is 5.69 Å². The minimum atomic E-state index is 0.190. The molecule has 18 heavy (non-hydrogen) atoms. The second kappa shape index (κ2) is 4.90. The number of nitrogens with zero attached hydrogens (tertiary/aromatic N) is 1. The van der Waals surface area contributed by atoms with E-state index in [-0.39, 0.29) is 11.7 Å². The fraction of sp³-hybridized carbons (Fsp3) is 0.600. The Balaban J connectivity index is 2.15. The average Bonchev–Trinajstić information content (AvgIpc) is 2.26. The molecule has 0 radical (unpaired) electrons. The molecule has 1 heterocycles. The number of nitrogens with one attached hydrogen (secondary N) is 2. The Morgan fingerprint density at radius 3 is 2.28 bits per heavy atom. The van der Waals surface area contributed by atoms with Gasteiger partial charge in [0.1, 0.15) is 0 Å². The molecule has 1 saturated heterocycles. The van der Waals surface area contributed by atoms with Gasteiger partial charge in [-0.1, -0.05) is 12.1 Å².